The molecule has 0 amide bonds. The summed E-state index contributed by atoms with van der Waals surface area (Å²) >= 11 is 5.76. The minimum Gasteiger partial charge on any atom is -0.278 e. The van der Waals surface area contributed by atoms with E-state index in [4.69, 9.17) is 11.6 Å². The molecule has 19 heavy (non-hydrogen) atoms. The van der Waals surface area contributed by atoms with Gasteiger partial charge in [-0.3, -0.25) is 5.43 Å². The van der Waals surface area contributed by atoms with Crippen molar-refractivity contribution >= 4 is 23.0 Å². The quantitative estimate of drug-likeness (QED) is 0.652. The second-order valence-corrected chi connectivity index (χ2v) is 4.38. The number of hydrazone groups is 1. The molecule has 0 saturated heterocycles. The van der Waals surface area contributed by atoms with E-state index in [0.29, 0.717) is 10.7 Å². The number of rotatable bonds is 3. The molecule has 0 aliphatic rings. The average molecular weight is 281 g/mol. The van der Waals surface area contributed by atoms with Gasteiger partial charge in [0, 0.05) is 16.7 Å². The minimum atomic E-state index is -0.640. The highest BCUT2D eigenvalue weighted by Gasteiger charge is 2.06. The summed E-state index contributed by atoms with van der Waals surface area (Å²) in [5, 5.41) is 4.67. The predicted octanol–water partition coefficient (Wildman–Crippen LogP) is 4.45. The third kappa shape index (κ3) is 3.51. The number of hydrogen-bond acceptors (Lipinski definition) is 2. The van der Waals surface area contributed by atoms with Gasteiger partial charge < -0.3 is 0 Å². The van der Waals surface area contributed by atoms with E-state index < -0.39 is 11.6 Å². The molecule has 2 aromatic rings. The highest BCUT2D eigenvalue weighted by atomic mass is 35.5. The summed E-state index contributed by atoms with van der Waals surface area (Å²) in [6, 6.07) is 10.3. The average Bonchev–Trinajstić information content (AvgIpc) is 2.37. The third-order valence-corrected chi connectivity index (χ3v) is 2.77. The summed E-state index contributed by atoms with van der Waals surface area (Å²) in [4.78, 5) is 0. The highest BCUT2D eigenvalue weighted by molar-refractivity contribution is 6.30. The molecule has 0 radical (unpaired) electrons. The van der Waals surface area contributed by atoms with Crippen LogP contribution in [0.3, 0.4) is 0 Å². The van der Waals surface area contributed by atoms with Crippen LogP contribution in [-0.2, 0) is 0 Å². The molecule has 0 aliphatic carbocycles. The van der Waals surface area contributed by atoms with Crippen molar-refractivity contribution in [2.24, 2.45) is 5.10 Å². The first kappa shape index (κ1) is 13.5. The van der Waals surface area contributed by atoms with Crippen LogP contribution < -0.4 is 5.43 Å². The zero-order valence-electron chi connectivity index (χ0n) is 10.1. The molecular weight excluding hydrogens is 270 g/mol. The normalized spacial score (nSPS) is 11.5. The Kier molecular flexibility index (Phi) is 4.12. The van der Waals surface area contributed by atoms with Crippen molar-refractivity contribution in [2.75, 3.05) is 5.43 Å². The number of nitrogens with zero attached hydrogens (tertiary/aromatic N) is 1. The van der Waals surface area contributed by atoms with Crippen LogP contribution in [0.25, 0.3) is 0 Å². The lowest BCUT2D eigenvalue weighted by atomic mass is 10.1. The van der Waals surface area contributed by atoms with Gasteiger partial charge in [0.25, 0.3) is 0 Å². The summed E-state index contributed by atoms with van der Waals surface area (Å²) in [5.41, 5.74) is 4.19. The van der Waals surface area contributed by atoms with Gasteiger partial charge in [-0.2, -0.15) is 5.10 Å². The Bertz CT molecular complexity index is 609. The number of nitrogens with one attached hydrogen (secondary N) is 1. The van der Waals surface area contributed by atoms with Crippen molar-refractivity contribution in [1.29, 1.82) is 0 Å². The molecule has 0 bridgehead atoms. The van der Waals surface area contributed by atoms with E-state index in [9.17, 15) is 8.78 Å². The molecule has 2 rings (SSSR count). The Morgan fingerprint density at radius 3 is 2.42 bits per heavy atom. The Balaban J connectivity index is 2.16. The number of halogens is 3. The van der Waals surface area contributed by atoms with Crippen LogP contribution in [0.4, 0.5) is 14.5 Å². The molecular formula is C14H11ClF2N2. The number of anilines is 1. The first-order valence-electron chi connectivity index (χ1n) is 5.57. The minimum absolute atomic E-state index is 0.253. The Labute approximate surface area is 114 Å². The van der Waals surface area contributed by atoms with Crippen LogP contribution in [-0.4, -0.2) is 5.71 Å². The topological polar surface area (TPSA) is 24.4 Å². The Morgan fingerprint density at radius 2 is 1.79 bits per heavy atom. The fraction of sp³-hybridized carbons (Fsp3) is 0.0714. The van der Waals surface area contributed by atoms with Crippen LogP contribution in [0.2, 0.25) is 5.02 Å². The molecule has 0 atom stereocenters. The maximum atomic E-state index is 13.5. The van der Waals surface area contributed by atoms with Gasteiger partial charge in [-0.25, -0.2) is 8.78 Å². The van der Waals surface area contributed by atoms with Gasteiger partial charge in [-0.05, 0) is 43.3 Å². The first-order valence-corrected chi connectivity index (χ1v) is 5.95. The van der Waals surface area contributed by atoms with E-state index in [1.54, 1.807) is 31.2 Å². The van der Waals surface area contributed by atoms with Gasteiger partial charge in [0.05, 0.1) is 11.4 Å². The molecule has 0 saturated carbocycles. The predicted molar refractivity (Wildman–Crippen MR) is 73.6 cm³/mol. The van der Waals surface area contributed by atoms with Crippen molar-refractivity contribution in [3.05, 3.63) is 64.7 Å². The summed E-state index contributed by atoms with van der Waals surface area (Å²) in [7, 11) is 0. The summed E-state index contributed by atoms with van der Waals surface area (Å²) in [6.45, 7) is 1.64. The van der Waals surface area contributed by atoms with Crippen LogP contribution in [0.1, 0.15) is 12.5 Å². The van der Waals surface area contributed by atoms with Gasteiger partial charge in [-0.15, -0.1) is 0 Å². The molecule has 1 N–H and O–H groups in total. The lowest BCUT2D eigenvalue weighted by Crippen LogP contribution is -2.03. The summed E-state index contributed by atoms with van der Waals surface area (Å²) in [5.74, 6) is -1.25. The van der Waals surface area contributed by atoms with E-state index in [1.807, 2.05) is 0 Å². The highest BCUT2D eigenvalue weighted by Crippen LogP contribution is 2.14. The van der Waals surface area contributed by atoms with Gasteiger partial charge in [0.15, 0.2) is 0 Å². The monoisotopic (exact) mass is 280 g/mol. The van der Waals surface area contributed by atoms with E-state index in [-0.39, 0.29) is 5.56 Å². The van der Waals surface area contributed by atoms with Crippen molar-refractivity contribution in [2.45, 2.75) is 6.92 Å². The van der Waals surface area contributed by atoms with Gasteiger partial charge in [0.1, 0.15) is 11.6 Å². The Hall–Kier alpha value is -1.94. The van der Waals surface area contributed by atoms with Crippen LogP contribution in [0.15, 0.2) is 47.6 Å². The molecule has 2 nitrogen and oxygen atoms in total. The fourth-order valence-corrected chi connectivity index (χ4v) is 1.64. The van der Waals surface area contributed by atoms with E-state index >= 15 is 0 Å². The number of hydrogen-bond donors (Lipinski definition) is 1. The summed E-state index contributed by atoms with van der Waals surface area (Å²) in [6.07, 6.45) is 0. The largest absolute Gasteiger partial charge is 0.278 e. The van der Waals surface area contributed by atoms with Gasteiger partial charge >= 0.3 is 0 Å². The SMILES string of the molecule is C/C(=N/Nc1ccc(Cl)cc1)c1ccc(F)cc1F. The molecule has 0 heterocycles. The maximum Gasteiger partial charge on any atom is 0.135 e. The third-order valence-electron chi connectivity index (χ3n) is 2.52. The molecule has 0 fully saturated rings. The second kappa shape index (κ2) is 5.80. The van der Waals surface area contributed by atoms with E-state index in [1.165, 1.54) is 12.1 Å². The zero-order chi connectivity index (χ0) is 13.8. The molecule has 0 unspecified atom stereocenters. The molecule has 98 valence electrons. The molecule has 0 spiro atoms. The Morgan fingerprint density at radius 1 is 1.11 bits per heavy atom. The van der Waals surface area contributed by atoms with Gasteiger partial charge in [0.2, 0.25) is 0 Å². The fourth-order valence-electron chi connectivity index (χ4n) is 1.52. The van der Waals surface area contributed by atoms with Crippen LogP contribution in [0.5, 0.6) is 0 Å². The van der Waals surface area contributed by atoms with E-state index in [2.05, 4.69) is 10.5 Å². The smallest absolute Gasteiger partial charge is 0.135 e. The molecule has 0 aliphatic heterocycles. The standard InChI is InChI=1S/C14H11ClF2N2/c1-9(13-7-4-11(16)8-14(13)17)18-19-12-5-2-10(15)3-6-12/h2-8,19H,1H3/b18-9-. The van der Waals surface area contributed by atoms with Crippen LogP contribution >= 0.6 is 11.6 Å². The molecule has 2 aromatic carbocycles. The lowest BCUT2D eigenvalue weighted by molar-refractivity contribution is 0.581. The van der Waals surface area contributed by atoms with Crippen LogP contribution in [0, 0.1) is 11.6 Å². The summed E-state index contributed by atoms with van der Waals surface area (Å²) < 4.78 is 26.3. The van der Waals surface area contributed by atoms with Crippen molar-refractivity contribution in [1.82, 2.24) is 0 Å². The van der Waals surface area contributed by atoms with Crippen molar-refractivity contribution in [3.8, 4) is 0 Å². The lowest BCUT2D eigenvalue weighted by Gasteiger charge is -2.05. The van der Waals surface area contributed by atoms with Crippen molar-refractivity contribution < 1.29 is 8.78 Å². The van der Waals surface area contributed by atoms with E-state index in [0.717, 1.165) is 11.8 Å². The zero-order valence-corrected chi connectivity index (χ0v) is 10.9. The van der Waals surface area contributed by atoms with Crippen molar-refractivity contribution in [3.63, 3.8) is 0 Å². The molecule has 0 aromatic heterocycles. The first-order chi connectivity index (χ1) is 9.06. The van der Waals surface area contributed by atoms with Gasteiger partial charge in [-0.1, -0.05) is 11.6 Å². The second-order valence-electron chi connectivity index (χ2n) is 3.94. The maximum absolute atomic E-state index is 13.5. The number of benzene rings is 2. The molecule has 5 heteroatoms.